The van der Waals surface area contributed by atoms with Crippen molar-refractivity contribution in [2.24, 2.45) is 5.92 Å². The van der Waals surface area contributed by atoms with Gasteiger partial charge in [-0.2, -0.15) is 18.4 Å². The van der Waals surface area contributed by atoms with Crippen molar-refractivity contribution in [1.82, 2.24) is 0 Å². The van der Waals surface area contributed by atoms with Crippen LogP contribution in [0.25, 0.3) is 0 Å². The highest BCUT2D eigenvalue weighted by atomic mass is 19.4. The van der Waals surface area contributed by atoms with Gasteiger partial charge in [-0.1, -0.05) is 20.3 Å². The highest BCUT2D eigenvalue weighted by molar-refractivity contribution is 5.73. The minimum absolute atomic E-state index is 0.306. The van der Waals surface area contributed by atoms with Gasteiger partial charge < -0.3 is 5.11 Å². The fourth-order valence-electron chi connectivity index (χ4n) is 0.708. The summed E-state index contributed by atoms with van der Waals surface area (Å²) in [5.74, 6) is -2.45. The first-order valence-corrected chi connectivity index (χ1v) is 4.49. The van der Waals surface area contributed by atoms with Gasteiger partial charge >= 0.3 is 12.1 Å². The van der Waals surface area contributed by atoms with Crippen molar-refractivity contribution in [3.8, 4) is 6.07 Å². The third-order valence-corrected chi connectivity index (χ3v) is 1.56. The van der Waals surface area contributed by atoms with Crippen molar-refractivity contribution in [2.75, 3.05) is 0 Å². The molecular formula is C9H14F3NO2. The van der Waals surface area contributed by atoms with Crippen molar-refractivity contribution in [1.29, 1.82) is 5.26 Å². The average molecular weight is 225 g/mol. The number of halogens is 3. The van der Waals surface area contributed by atoms with E-state index in [1.54, 1.807) is 0 Å². The molecule has 0 heterocycles. The number of hydrogen-bond acceptors (Lipinski definition) is 2. The van der Waals surface area contributed by atoms with Crippen molar-refractivity contribution >= 4 is 5.97 Å². The van der Waals surface area contributed by atoms with Gasteiger partial charge in [-0.3, -0.25) is 0 Å². The summed E-state index contributed by atoms with van der Waals surface area (Å²) in [5, 5.41) is 15.5. The van der Waals surface area contributed by atoms with E-state index in [-0.39, 0.29) is 0 Å². The Morgan fingerprint density at radius 3 is 1.93 bits per heavy atom. The molecule has 0 bridgehead atoms. The van der Waals surface area contributed by atoms with Crippen LogP contribution in [-0.4, -0.2) is 17.3 Å². The molecule has 0 amide bonds. The first-order chi connectivity index (χ1) is 6.79. The Hall–Kier alpha value is -1.25. The maximum Gasteiger partial charge on any atom is 0.490 e. The fourth-order valence-corrected chi connectivity index (χ4v) is 0.708. The van der Waals surface area contributed by atoms with Crippen LogP contribution in [0, 0.1) is 17.2 Å². The summed E-state index contributed by atoms with van der Waals surface area (Å²) >= 11 is 0. The Morgan fingerprint density at radius 2 is 1.87 bits per heavy atom. The van der Waals surface area contributed by atoms with Gasteiger partial charge in [-0.05, 0) is 12.8 Å². The number of nitrogens with zero attached hydrogens (tertiary/aromatic N) is 1. The second kappa shape index (κ2) is 8.09. The third-order valence-electron chi connectivity index (χ3n) is 1.56. The first kappa shape index (κ1) is 16.2. The van der Waals surface area contributed by atoms with Gasteiger partial charge in [0.15, 0.2) is 0 Å². The van der Waals surface area contributed by atoms with Crippen LogP contribution >= 0.6 is 0 Å². The molecule has 1 unspecified atom stereocenters. The maximum atomic E-state index is 10.6. The van der Waals surface area contributed by atoms with Crippen LogP contribution in [0.5, 0.6) is 0 Å². The van der Waals surface area contributed by atoms with Gasteiger partial charge in [0.05, 0.1) is 6.07 Å². The SMILES string of the molecule is CCCC(C#N)CC.O=C(O)C(F)(F)F. The van der Waals surface area contributed by atoms with E-state index in [0.717, 1.165) is 19.3 Å². The van der Waals surface area contributed by atoms with Crippen LogP contribution < -0.4 is 0 Å². The number of hydrogen-bond donors (Lipinski definition) is 1. The minimum atomic E-state index is -5.08. The molecule has 0 rings (SSSR count). The molecule has 6 heteroatoms. The molecule has 0 saturated heterocycles. The number of carboxylic acid groups (broad SMARTS) is 1. The molecule has 0 aromatic rings. The van der Waals surface area contributed by atoms with E-state index < -0.39 is 12.1 Å². The zero-order valence-corrected chi connectivity index (χ0v) is 8.64. The fraction of sp³-hybridized carbons (Fsp3) is 0.778. The Morgan fingerprint density at radius 1 is 1.47 bits per heavy atom. The first-order valence-electron chi connectivity index (χ1n) is 4.49. The zero-order valence-electron chi connectivity index (χ0n) is 8.64. The van der Waals surface area contributed by atoms with Crippen LogP contribution in [-0.2, 0) is 4.79 Å². The molecule has 0 spiro atoms. The van der Waals surface area contributed by atoms with E-state index in [4.69, 9.17) is 15.2 Å². The van der Waals surface area contributed by atoms with E-state index >= 15 is 0 Å². The minimum Gasteiger partial charge on any atom is -0.475 e. The topological polar surface area (TPSA) is 61.1 Å². The molecule has 0 aliphatic carbocycles. The lowest BCUT2D eigenvalue weighted by Crippen LogP contribution is -2.21. The Kier molecular flexibility index (Phi) is 8.73. The molecule has 15 heavy (non-hydrogen) atoms. The van der Waals surface area contributed by atoms with Gasteiger partial charge in [0, 0.05) is 5.92 Å². The molecule has 0 aromatic heterocycles. The lowest BCUT2D eigenvalue weighted by molar-refractivity contribution is -0.192. The van der Waals surface area contributed by atoms with Gasteiger partial charge in [-0.15, -0.1) is 0 Å². The van der Waals surface area contributed by atoms with Crippen molar-refractivity contribution in [3.63, 3.8) is 0 Å². The maximum absolute atomic E-state index is 10.6. The smallest absolute Gasteiger partial charge is 0.475 e. The highest BCUT2D eigenvalue weighted by Crippen LogP contribution is 2.13. The van der Waals surface area contributed by atoms with Crippen LogP contribution in [0.4, 0.5) is 13.2 Å². The number of rotatable bonds is 3. The van der Waals surface area contributed by atoms with Crippen LogP contribution in [0.15, 0.2) is 0 Å². The number of aliphatic carboxylic acids is 1. The summed E-state index contributed by atoms with van der Waals surface area (Å²) in [6.07, 6.45) is -1.89. The molecule has 3 nitrogen and oxygen atoms in total. The molecule has 1 atom stereocenters. The monoisotopic (exact) mass is 225 g/mol. The Bertz CT molecular complexity index is 220. The number of carbonyl (C=O) groups is 1. The largest absolute Gasteiger partial charge is 0.490 e. The summed E-state index contributed by atoms with van der Waals surface area (Å²) in [6, 6.07) is 2.25. The van der Waals surface area contributed by atoms with Crippen LogP contribution in [0.3, 0.4) is 0 Å². The lowest BCUT2D eigenvalue weighted by atomic mass is 10.0. The van der Waals surface area contributed by atoms with E-state index in [9.17, 15) is 13.2 Å². The molecule has 0 radical (unpaired) electrons. The summed E-state index contributed by atoms with van der Waals surface area (Å²) < 4.78 is 31.7. The zero-order chi connectivity index (χ0) is 12.5. The third kappa shape index (κ3) is 10.7. The Balaban J connectivity index is 0. The summed E-state index contributed by atoms with van der Waals surface area (Å²) in [4.78, 5) is 8.90. The number of nitriles is 1. The number of carboxylic acids is 1. The highest BCUT2D eigenvalue weighted by Gasteiger charge is 2.38. The predicted octanol–water partition coefficient (Wildman–Crippen LogP) is 2.97. The standard InChI is InChI=1S/C7H13N.C2HF3O2/c1-3-5-7(4-2)6-8;3-2(4,5)1(6)7/h7H,3-5H2,1-2H3;(H,6,7). The lowest BCUT2D eigenvalue weighted by Gasteiger charge is -1.99. The van der Waals surface area contributed by atoms with E-state index in [2.05, 4.69) is 19.9 Å². The molecule has 0 saturated carbocycles. The van der Waals surface area contributed by atoms with Crippen LogP contribution in [0.2, 0.25) is 0 Å². The Labute approximate surface area is 86.5 Å². The van der Waals surface area contributed by atoms with Gasteiger partial charge in [0.2, 0.25) is 0 Å². The van der Waals surface area contributed by atoms with E-state index in [0.29, 0.717) is 5.92 Å². The molecule has 0 aliphatic heterocycles. The van der Waals surface area contributed by atoms with Crippen molar-refractivity contribution < 1.29 is 23.1 Å². The summed E-state index contributed by atoms with van der Waals surface area (Å²) in [6.45, 7) is 4.17. The molecule has 1 N–H and O–H groups in total. The number of alkyl halides is 3. The molecule has 88 valence electrons. The second-order valence-corrected chi connectivity index (χ2v) is 2.83. The molecule has 0 aliphatic rings. The van der Waals surface area contributed by atoms with Crippen molar-refractivity contribution in [2.45, 2.75) is 39.3 Å². The van der Waals surface area contributed by atoms with Crippen LogP contribution in [0.1, 0.15) is 33.1 Å². The van der Waals surface area contributed by atoms with Crippen molar-refractivity contribution in [3.05, 3.63) is 0 Å². The second-order valence-electron chi connectivity index (χ2n) is 2.83. The summed E-state index contributed by atoms with van der Waals surface area (Å²) in [7, 11) is 0. The summed E-state index contributed by atoms with van der Waals surface area (Å²) in [5.41, 5.74) is 0. The van der Waals surface area contributed by atoms with Gasteiger partial charge in [0.1, 0.15) is 0 Å². The molecular weight excluding hydrogens is 211 g/mol. The molecule has 0 fully saturated rings. The predicted molar refractivity (Wildman–Crippen MR) is 48.0 cm³/mol. The van der Waals surface area contributed by atoms with E-state index in [1.165, 1.54) is 0 Å². The average Bonchev–Trinajstić information content (AvgIpc) is 2.13. The quantitative estimate of drug-likeness (QED) is 0.803. The normalized spacial score (nSPS) is 12.0. The van der Waals surface area contributed by atoms with E-state index in [1.807, 2.05) is 0 Å². The molecule has 0 aromatic carbocycles. The van der Waals surface area contributed by atoms with Gasteiger partial charge in [-0.25, -0.2) is 4.79 Å². The van der Waals surface area contributed by atoms with Gasteiger partial charge in [0.25, 0.3) is 0 Å².